The lowest BCUT2D eigenvalue weighted by Crippen LogP contribution is -2.29. The fourth-order valence-corrected chi connectivity index (χ4v) is 5.12. The van der Waals surface area contributed by atoms with Crippen molar-refractivity contribution < 1.29 is 32.7 Å². The van der Waals surface area contributed by atoms with Crippen molar-refractivity contribution in [2.45, 2.75) is 19.8 Å². The summed E-state index contributed by atoms with van der Waals surface area (Å²) in [6.07, 6.45) is -3.50. The van der Waals surface area contributed by atoms with Gasteiger partial charge in [-0.3, -0.25) is 24.1 Å². The summed E-state index contributed by atoms with van der Waals surface area (Å²) in [5.41, 5.74) is 2.53. The summed E-state index contributed by atoms with van der Waals surface area (Å²) in [6.45, 7) is 1.96. The van der Waals surface area contributed by atoms with Crippen LogP contribution in [0.1, 0.15) is 52.6 Å². The second kappa shape index (κ2) is 9.78. The summed E-state index contributed by atoms with van der Waals surface area (Å²) in [4.78, 5) is 53.8. The van der Waals surface area contributed by atoms with Crippen LogP contribution in [-0.4, -0.2) is 42.0 Å². The van der Waals surface area contributed by atoms with Crippen LogP contribution in [0.25, 0.3) is 11.1 Å². The smallest absolute Gasteiger partial charge is 0.266 e. The topological polar surface area (TPSA) is 84.0 Å². The summed E-state index contributed by atoms with van der Waals surface area (Å²) < 4.78 is 33.1. The number of amides is 4. The molecule has 0 atom stereocenters. The summed E-state index contributed by atoms with van der Waals surface area (Å²) in [5.74, 6) is -1.15. The summed E-state index contributed by atoms with van der Waals surface area (Å²) in [7, 11) is 1.38. The van der Waals surface area contributed by atoms with Crippen molar-refractivity contribution in [1.29, 1.82) is 0 Å². The van der Waals surface area contributed by atoms with E-state index >= 15 is 0 Å². The van der Waals surface area contributed by atoms with Crippen LogP contribution < -0.4 is 9.64 Å². The van der Waals surface area contributed by atoms with Gasteiger partial charge in [0.05, 0.1) is 27.9 Å². The summed E-state index contributed by atoms with van der Waals surface area (Å²) in [5, 5.41) is 0. The standard InChI is InChI=1S/C32H22F2N2O5/c1-17-3-8-22(9-4-17)41-23-10-6-21(7-11-23)36-31(39)26-15-19(13-20(16-27(33)34)28(26)32(36)40)18-5-12-24-25(14-18)30(38)35(2)29(24)37/h3-15,27H,16H2,1-2H3. The van der Waals surface area contributed by atoms with Gasteiger partial charge in [-0.25, -0.2) is 13.7 Å². The number of benzene rings is 4. The third kappa shape index (κ3) is 4.45. The molecule has 0 saturated carbocycles. The normalized spacial score (nSPS) is 14.3. The van der Waals surface area contributed by atoms with Gasteiger partial charge in [-0.05, 0) is 78.2 Å². The van der Waals surface area contributed by atoms with Gasteiger partial charge in [0.25, 0.3) is 23.6 Å². The molecule has 7 nitrogen and oxygen atoms in total. The van der Waals surface area contributed by atoms with Crippen molar-refractivity contribution in [1.82, 2.24) is 4.90 Å². The van der Waals surface area contributed by atoms with Crippen molar-refractivity contribution in [3.8, 4) is 22.6 Å². The van der Waals surface area contributed by atoms with Gasteiger partial charge in [-0.1, -0.05) is 29.8 Å². The second-order valence-corrected chi connectivity index (χ2v) is 9.94. The number of aryl methyl sites for hydroxylation is 1. The molecule has 0 radical (unpaired) electrons. The largest absolute Gasteiger partial charge is 0.457 e. The van der Waals surface area contributed by atoms with E-state index in [1.165, 1.54) is 31.3 Å². The van der Waals surface area contributed by atoms with E-state index < -0.39 is 36.5 Å². The molecule has 4 amide bonds. The Balaban J connectivity index is 1.36. The van der Waals surface area contributed by atoms with Crippen molar-refractivity contribution in [3.63, 3.8) is 0 Å². The van der Waals surface area contributed by atoms with Gasteiger partial charge in [0.15, 0.2) is 0 Å². The van der Waals surface area contributed by atoms with Crippen LogP contribution in [0.2, 0.25) is 0 Å². The number of hydrogen-bond donors (Lipinski definition) is 0. The molecule has 4 aromatic rings. The molecule has 0 bridgehead atoms. The Hall–Kier alpha value is -5.18. The minimum Gasteiger partial charge on any atom is -0.457 e. The van der Waals surface area contributed by atoms with Gasteiger partial charge >= 0.3 is 0 Å². The van der Waals surface area contributed by atoms with E-state index in [0.29, 0.717) is 22.6 Å². The number of hydrogen-bond acceptors (Lipinski definition) is 5. The van der Waals surface area contributed by atoms with E-state index in [2.05, 4.69) is 0 Å². The summed E-state index contributed by atoms with van der Waals surface area (Å²) >= 11 is 0. The molecular formula is C32H22F2N2O5. The van der Waals surface area contributed by atoms with Gasteiger partial charge < -0.3 is 4.74 Å². The Morgan fingerprint density at radius 3 is 1.95 bits per heavy atom. The average molecular weight is 553 g/mol. The van der Waals surface area contributed by atoms with Crippen LogP contribution in [-0.2, 0) is 6.42 Å². The zero-order chi connectivity index (χ0) is 29.0. The highest BCUT2D eigenvalue weighted by molar-refractivity contribution is 6.35. The molecule has 2 aliphatic rings. The fraction of sp³-hybridized carbons (Fsp3) is 0.125. The zero-order valence-corrected chi connectivity index (χ0v) is 22.0. The minimum atomic E-state index is -2.77. The molecule has 41 heavy (non-hydrogen) atoms. The van der Waals surface area contributed by atoms with Crippen LogP contribution in [0.5, 0.6) is 11.5 Å². The van der Waals surface area contributed by atoms with E-state index in [1.807, 2.05) is 31.2 Å². The molecule has 2 heterocycles. The first-order valence-electron chi connectivity index (χ1n) is 12.8. The van der Waals surface area contributed by atoms with E-state index in [4.69, 9.17) is 4.74 Å². The van der Waals surface area contributed by atoms with Gasteiger partial charge in [-0.15, -0.1) is 0 Å². The Labute approximate surface area is 233 Å². The average Bonchev–Trinajstić information content (AvgIpc) is 3.34. The van der Waals surface area contributed by atoms with Gasteiger partial charge in [0.1, 0.15) is 11.5 Å². The lowest BCUT2D eigenvalue weighted by molar-refractivity contribution is 0.0692. The SMILES string of the molecule is Cc1ccc(Oc2ccc(N3C(=O)c4cc(-c5ccc6c(c5)C(=O)N(C)C6=O)cc(CC(F)F)c4C3=O)cc2)cc1. The Morgan fingerprint density at radius 1 is 0.683 bits per heavy atom. The predicted octanol–water partition coefficient (Wildman–Crippen LogP) is 6.29. The minimum absolute atomic E-state index is 0.0110. The third-order valence-electron chi connectivity index (χ3n) is 7.22. The molecule has 0 fully saturated rings. The van der Waals surface area contributed by atoms with Gasteiger partial charge in [-0.2, -0.15) is 0 Å². The first-order chi connectivity index (χ1) is 19.6. The van der Waals surface area contributed by atoms with Crippen molar-refractivity contribution in [3.05, 3.63) is 112 Å². The predicted molar refractivity (Wildman–Crippen MR) is 147 cm³/mol. The van der Waals surface area contributed by atoms with Crippen LogP contribution in [0.4, 0.5) is 14.5 Å². The number of nitrogens with zero attached hydrogens (tertiary/aromatic N) is 2. The molecule has 204 valence electrons. The number of halogens is 2. The van der Waals surface area contributed by atoms with E-state index in [9.17, 15) is 28.0 Å². The number of carbonyl (C=O) groups excluding carboxylic acids is 4. The number of anilines is 1. The van der Waals surface area contributed by atoms with Gasteiger partial charge in [0.2, 0.25) is 6.43 Å². The van der Waals surface area contributed by atoms with Crippen molar-refractivity contribution in [2.24, 2.45) is 0 Å². The highest BCUT2D eigenvalue weighted by Gasteiger charge is 2.40. The molecule has 9 heteroatoms. The lowest BCUT2D eigenvalue weighted by atomic mass is 9.92. The first kappa shape index (κ1) is 26.1. The molecule has 0 saturated heterocycles. The van der Waals surface area contributed by atoms with Crippen LogP contribution >= 0.6 is 0 Å². The Kier molecular flexibility index (Phi) is 6.22. The third-order valence-corrected chi connectivity index (χ3v) is 7.22. The monoisotopic (exact) mass is 552 g/mol. The highest BCUT2D eigenvalue weighted by atomic mass is 19.3. The van der Waals surface area contributed by atoms with Crippen LogP contribution in [0.15, 0.2) is 78.9 Å². The summed E-state index contributed by atoms with van der Waals surface area (Å²) in [6, 6.07) is 21.3. The molecule has 0 aromatic heterocycles. The molecule has 0 aliphatic carbocycles. The Morgan fingerprint density at radius 2 is 1.29 bits per heavy atom. The number of imide groups is 2. The number of ether oxygens (including phenoxy) is 1. The van der Waals surface area contributed by atoms with Crippen LogP contribution in [0.3, 0.4) is 0 Å². The highest BCUT2D eigenvalue weighted by Crippen LogP contribution is 2.37. The van der Waals surface area contributed by atoms with E-state index in [0.717, 1.165) is 15.4 Å². The number of alkyl halides is 2. The Bertz CT molecular complexity index is 1760. The maximum Gasteiger partial charge on any atom is 0.266 e. The van der Waals surface area contributed by atoms with E-state index in [-0.39, 0.29) is 33.5 Å². The van der Waals surface area contributed by atoms with Crippen molar-refractivity contribution in [2.75, 3.05) is 11.9 Å². The molecular weight excluding hydrogens is 530 g/mol. The molecule has 0 spiro atoms. The number of fused-ring (bicyclic) bond motifs is 2. The first-order valence-corrected chi connectivity index (χ1v) is 12.8. The fourth-order valence-electron chi connectivity index (χ4n) is 5.12. The quantitative estimate of drug-likeness (QED) is 0.263. The number of carbonyl (C=O) groups is 4. The number of rotatable bonds is 6. The van der Waals surface area contributed by atoms with Crippen LogP contribution in [0, 0.1) is 6.92 Å². The maximum atomic E-state index is 13.6. The lowest BCUT2D eigenvalue weighted by Gasteiger charge is -2.15. The zero-order valence-electron chi connectivity index (χ0n) is 22.0. The molecule has 0 unspecified atom stereocenters. The second-order valence-electron chi connectivity index (χ2n) is 9.94. The van der Waals surface area contributed by atoms with E-state index in [1.54, 1.807) is 30.3 Å². The van der Waals surface area contributed by atoms with Crippen molar-refractivity contribution >= 4 is 29.3 Å². The molecule has 2 aliphatic heterocycles. The maximum absolute atomic E-state index is 13.6. The molecule has 4 aromatic carbocycles. The molecule has 0 N–H and O–H groups in total. The van der Waals surface area contributed by atoms with Gasteiger partial charge in [0, 0.05) is 13.5 Å². The molecule has 6 rings (SSSR count).